The highest BCUT2D eigenvalue weighted by molar-refractivity contribution is 14.0. The molecule has 0 spiro atoms. The number of amides is 1. The van der Waals surface area contributed by atoms with Crippen LogP contribution in [-0.4, -0.2) is 49.5 Å². The predicted molar refractivity (Wildman–Crippen MR) is 108 cm³/mol. The van der Waals surface area contributed by atoms with Gasteiger partial charge in [0, 0.05) is 49.9 Å². The fourth-order valence-corrected chi connectivity index (χ4v) is 3.43. The monoisotopic (exact) mass is 450 g/mol. The molecule has 5 nitrogen and oxygen atoms in total. The number of thiophene rings is 1. The minimum absolute atomic E-state index is 0. The van der Waals surface area contributed by atoms with Crippen molar-refractivity contribution in [2.24, 2.45) is 4.99 Å². The van der Waals surface area contributed by atoms with Crippen molar-refractivity contribution in [1.82, 2.24) is 15.5 Å². The summed E-state index contributed by atoms with van der Waals surface area (Å²) < 4.78 is 0. The van der Waals surface area contributed by atoms with E-state index in [0.717, 1.165) is 32.0 Å². The fraction of sp³-hybridized carbons (Fsp3) is 0.625. The zero-order valence-corrected chi connectivity index (χ0v) is 17.2. The molecule has 1 aliphatic rings. The molecule has 1 fully saturated rings. The lowest BCUT2D eigenvalue weighted by Gasteiger charge is -2.20. The Balaban J connectivity index is 0.00000264. The van der Waals surface area contributed by atoms with Crippen molar-refractivity contribution in [3.8, 4) is 0 Å². The largest absolute Gasteiger partial charge is 0.356 e. The number of hydrogen-bond acceptors (Lipinski definition) is 3. The van der Waals surface area contributed by atoms with E-state index in [0.29, 0.717) is 18.4 Å². The molecule has 2 heterocycles. The molecule has 1 saturated heterocycles. The van der Waals surface area contributed by atoms with Gasteiger partial charge in [0.25, 0.3) is 0 Å². The van der Waals surface area contributed by atoms with E-state index in [-0.39, 0.29) is 29.9 Å². The van der Waals surface area contributed by atoms with E-state index < -0.39 is 0 Å². The van der Waals surface area contributed by atoms with Crippen LogP contribution >= 0.6 is 35.3 Å². The van der Waals surface area contributed by atoms with Gasteiger partial charge in [-0.05, 0) is 17.9 Å². The molecular weight excluding hydrogens is 423 g/mol. The van der Waals surface area contributed by atoms with Crippen LogP contribution in [0.15, 0.2) is 22.5 Å². The third-order valence-electron chi connectivity index (χ3n) is 4.01. The van der Waals surface area contributed by atoms with Gasteiger partial charge in [0.05, 0.1) is 0 Å². The Morgan fingerprint density at radius 2 is 2.35 bits per heavy atom. The van der Waals surface area contributed by atoms with Gasteiger partial charge in [-0.15, -0.1) is 35.3 Å². The van der Waals surface area contributed by atoms with Gasteiger partial charge in [-0.25, -0.2) is 0 Å². The highest BCUT2D eigenvalue weighted by Crippen LogP contribution is 2.19. The molecule has 23 heavy (non-hydrogen) atoms. The average molecular weight is 450 g/mol. The number of carbonyl (C=O) groups is 1. The van der Waals surface area contributed by atoms with Crippen LogP contribution in [0.1, 0.15) is 37.5 Å². The number of guanidine groups is 1. The Hall–Kier alpha value is -0.830. The SMILES string of the molecule is CCC(=O)N1CCC(NC(=NC)NCC(C)c2cccs2)C1.I. The minimum Gasteiger partial charge on any atom is -0.356 e. The van der Waals surface area contributed by atoms with Crippen molar-refractivity contribution < 1.29 is 4.79 Å². The Labute approximate surface area is 160 Å². The van der Waals surface area contributed by atoms with E-state index in [9.17, 15) is 4.79 Å². The second-order valence-electron chi connectivity index (χ2n) is 5.69. The summed E-state index contributed by atoms with van der Waals surface area (Å²) in [6, 6.07) is 4.54. The molecule has 1 aliphatic heterocycles. The lowest BCUT2D eigenvalue weighted by Crippen LogP contribution is -2.45. The first-order valence-electron chi connectivity index (χ1n) is 7.92. The lowest BCUT2D eigenvalue weighted by molar-refractivity contribution is -0.129. The number of rotatable bonds is 5. The van der Waals surface area contributed by atoms with Gasteiger partial charge in [-0.2, -0.15) is 0 Å². The maximum Gasteiger partial charge on any atom is 0.222 e. The van der Waals surface area contributed by atoms with E-state index in [4.69, 9.17) is 0 Å². The van der Waals surface area contributed by atoms with Crippen molar-refractivity contribution in [3.63, 3.8) is 0 Å². The van der Waals surface area contributed by atoms with Crippen LogP contribution in [0.5, 0.6) is 0 Å². The Bertz CT molecular complexity index is 506. The van der Waals surface area contributed by atoms with Crippen LogP contribution in [0, 0.1) is 0 Å². The van der Waals surface area contributed by atoms with Gasteiger partial charge >= 0.3 is 0 Å². The number of nitrogens with zero attached hydrogens (tertiary/aromatic N) is 2. The Morgan fingerprint density at radius 1 is 1.57 bits per heavy atom. The number of carbonyl (C=O) groups excluding carboxylic acids is 1. The van der Waals surface area contributed by atoms with Crippen LogP contribution in [0.25, 0.3) is 0 Å². The van der Waals surface area contributed by atoms with E-state index in [1.54, 1.807) is 18.4 Å². The van der Waals surface area contributed by atoms with Crippen molar-refractivity contribution >= 4 is 47.2 Å². The van der Waals surface area contributed by atoms with E-state index in [2.05, 4.69) is 40.1 Å². The molecule has 7 heteroatoms. The first kappa shape index (κ1) is 20.2. The summed E-state index contributed by atoms with van der Waals surface area (Å²) in [5.41, 5.74) is 0. The summed E-state index contributed by atoms with van der Waals surface area (Å²) in [7, 11) is 1.79. The van der Waals surface area contributed by atoms with Crippen molar-refractivity contribution in [1.29, 1.82) is 0 Å². The molecule has 130 valence electrons. The molecule has 2 N–H and O–H groups in total. The van der Waals surface area contributed by atoms with E-state index in [1.165, 1.54) is 4.88 Å². The van der Waals surface area contributed by atoms with E-state index in [1.807, 2.05) is 11.8 Å². The topological polar surface area (TPSA) is 56.7 Å². The standard InChI is InChI=1S/C16H26N4OS.HI/c1-4-15(21)20-8-7-13(11-20)19-16(17-3)18-10-12(2)14-6-5-9-22-14;/h5-6,9,12-13H,4,7-8,10-11H2,1-3H3,(H2,17,18,19);1H. The third-order valence-corrected chi connectivity index (χ3v) is 5.12. The first-order valence-corrected chi connectivity index (χ1v) is 8.80. The van der Waals surface area contributed by atoms with Gasteiger partial charge in [-0.3, -0.25) is 9.79 Å². The fourth-order valence-electron chi connectivity index (χ4n) is 2.64. The third kappa shape index (κ3) is 5.95. The number of aliphatic imine (C=N–C) groups is 1. The average Bonchev–Trinajstić information content (AvgIpc) is 3.21. The summed E-state index contributed by atoms with van der Waals surface area (Å²) in [6.45, 7) is 6.59. The minimum atomic E-state index is 0. The molecule has 2 unspecified atom stereocenters. The highest BCUT2D eigenvalue weighted by Gasteiger charge is 2.25. The zero-order valence-electron chi connectivity index (χ0n) is 14.0. The van der Waals surface area contributed by atoms with E-state index >= 15 is 0 Å². The summed E-state index contributed by atoms with van der Waals surface area (Å²) in [4.78, 5) is 19.3. The highest BCUT2D eigenvalue weighted by atomic mass is 127. The lowest BCUT2D eigenvalue weighted by atomic mass is 10.1. The molecular formula is C16H27IN4OS. The molecule has 0 saturated carbocycles. The van der Waals surface area contributed by atoms with Crippen LogP contribution in [0.3, 0.4) is 0 Å². The second-order valence-corrected chi connectivity index (χ2v) is 6.67. The molecule has 0 aromatic carbocycles. The van der Waals surface area contributed by atoms with Crippen LogP contribution in [-0.2, 0) is 4.79 Å². The maximum absolute atomic E-state index is 11.7. The van der Waals surface area contributed by atoms with Crippen LogP contribution in [0.4, 0.5) is 0 Å². The maximum atomic E-state index is 11.7. The molecule has 0 aliphatic carbocycles. The van der Waals surface area contributed by atoms with Crippen LogP contribution < -0.4 is 10.6 Å². The Morgan fingerprint density at radius 3 is 2.96 bits per heavy atom. The summed E-state index contributed by atoms with van der Waals surface area (Å²) in [6.07, 6.45) is 1.56. The number of likely N-dealkylation sites (tertiary alicyclic amines) is 1. The molecule has 1 aromatic heterocycles. The van der Waals surface area contributed by atoms with Crippen LogP contribution in [0.2, 0.25) is 0 Å². The zero-order chi connectivity index (χ0) is 15.9. The molecule has 1 amide bonds. The first-order chi connectivity index (χ1) is 10.6. The Kier molecular flexibility index (Phi) is 8.90. The van der Waals surface area contributed by atoms with Gasteiger partial charge < -0.3 is 15.5 Å². The number of hydrogen-bond donors (Lipinski definition) is 2. The summed E-state index contributed by atoms with van der Waals surface area (Å²) in [5.74, 6) is 1.51. The predicted octanol–water partition coefficient (Wildman–Crippen LogP) is 2.65. The van der Waals surface area contributed by atoms with Gasteiger partial charge in [0.1, 0.15) is 0 Å². The summed E-state index contributed by atoms with van der Waals surface area (Å²) in [5, 5.41) is 8.92. The summed E-state index contributed by atoms with van der Waals surface area (Å²) >= 11 is 1.78. The van der Waals surface area contributed by atoms with Gasteiger partial charge in [0.15, 0.2) is 5.96 Å². The smallest absolute Gasteiger partial charge is 0.222 e. The normalized spacial score (nSPS) is 19.2. The molecule has 1 aromatic rings. The number of halogens is 1. The molecule has 0 radical (unpaired) electrons. The van der Waals surface area contributed by atoms with Gasteiger partial charge in [-0.1, -0.05) is 19.9 Å². The second kappa shape index (κ2) is 10.1. The quantitative estimate of drug-likeness (QED) is 0.412. The molecule has 2 rings (SSSR count). The van der Waals surface area contributed by atoms with Crippen molar-refractivity contribution in [2.75, 3.05) is 26.7 Å². The molecule has 2 atom stereocenters. The number of nitrogens with one attached hydrogen (secondary N) is 2. The van der Waals surface area contributed by atoms with Crippen molar-refractivity contribution in [2.45, 2.75) is 38.6 Å². The van der Waals surface area contributed by atoms with Gasteiger partial charge in [0.2, 0.25) is 5.91 Å². The van der Waals surface area contributed by atoms with Crippen molar-refractivity contribution in [3.05, 3.63) is 22.4 Å². The molecule has 0 bridgehead atoms.